The molecule has 1 saturated carbocycles. The fourth-order valence-electron chi connectivity index (χ4n) is 4.80. The van der Waals surface area contributed by atoms with Crippen molar-refractivity contribution in [3.8, 4) is 0 Å². The van der Waals surface area contributed by atoms with Crippen LogP contribution in [-0.2, 0) is 0 Å². The summed E-state index contributed by atoms with van der Waals surface area (Å²) in [6.07, 6.45) is 8.59. The highest BCUT2D eigenvalue weighted by Gasteiger charge is 2.41. The molecule has 0 aromatic rings. The van der Waals surface area contributed by atoms with Gasteiger partial charge in [-0.15, -0.1) is 0 Å². The van der Waals surface area contributed by atoms with Crippen LogP contribution in [0, 0.1) is 11.3 Å². The molecule has 3 aliphatic rings. The molecular formula is C18H34N2. The number of hydrogen-bond acceptors (Lipinski definition) is 2. The van der Waals surface area contributed by atoms with Crippen LogP contribution in [0.15, 0.2) is 0 Å². The second kappa shape index (κ2) is 5.61. The third-order valence-electron chi connectivity index (χ3n) is 6.32. The zero-order valence-corrected chi connectivity index (χ0v) is 14.1. The predicted octanol–water partition coefficient (Wildman–Crippen LogP) is 3.76. The summed E-state index contributed by atoms with van der Waals surface area (Å²) in [4.78, 5) is 5.72. The molecule has 0 bridgehead atoms. The van der Waals surface area contributed by atoms with E-state index in [0.717, 1.165) is 24.0 Å². The van der Waals surface area contributed by atoms with E-state index in [4.69, 9.17) is 0 Å². The van der Waals surface area contributed by atoms with E-state index in [2.05, 4.69) is 37.5 Å². The lowest BCUT2D eigenvalue weighted by molar-refractivity contribution is -0.0198. The molecule has 0 N–H and O–H groups in total. The maximum atomic E-state index is 2.94. The molecule has 20 heavy (non-hydrogen) atoms. The quantitative estimate of drug-likeness (QED) is 0.759. The molecule has 0 aromatic carbocycles. The highest BCUT2D eigenvalue weighted by atomic mass is 15.3. The summed E-state index contributed by atoms with van der Waals surface area (Å²) >= 11 is 0. The van der Waals surface area contributed by atoms with Crippen LogP contribution < -0.4 is 0 Å². The van der Waals surface area contributed by atoms with E-state index in [1.54, 1.807) is 0 Å². The highest BCUT2D eigenvalue weighted by molar-refractivity contribution is 4.97. The van der Waals surface area contributed by atoms with Crippen molar-refractivity contribution >= 4 is 0 Å². The zero-order chi connectivity index (χ0) is 14.3. The van der Waals surface area contributed by atoms with Gasteiger partial charge in [0.15, 0.2) is 0 Å². The van der Waals surface area contributed by atoms with Crippen molar-refractivity contribution in [3.05, 3.63) is 0 Å². The fourth-order valence-corrected chi connectivity index (χ4v) is 4.80. The maximum absolute atomic E-state index is 2.94. The van der Waals surface area contributed by atoms with Crippen molar-refractivity contribution in [2.45, 2.75) is 84.3 Å². The normalized spacial score (nSPS) is 36.5. The number of piperazine rings is 1. The van der Waals surface area contributed by atoms with Crippen molar-refractivity contribution in [1.29, 1.82) is 0 Å². The molecule has 0 radical (unpaired) electrons. The smallest absolute Gasteiger partial charge is 0.0249 e. The molecule has 2 heterocycles. The molecule has 3 fully saturated rings. The third-order valence-corrected chi connectivity index (χ3v) is 6.32. The van der Waals surface area contributed by atoms with E-state index in [9.17, 15) is 0 Å². The molecule has 3 rings (SSSR count). The molecule has 0 aromatic heterocycles. The van der Waals surface area contributed by atoms with E-state index in [1.165, 1.54) is 58.2 Å². The van der Waals surface area contributed by atoms with Crippen LogP contribution in [0.4, 0.5) is 0 Å². The Morgan fingerprint density at radius 2 is 1.65 bits per heavy atom. The van der Waals surface area contributed by atoms with Crippen molar-refractivity contribution in [2.24, 2.45) is 11.3 Å². The number of nitrogens with zero attached hydrogens (tertiary/aromatic N) is 2. The SMILES string of the molecule is CC(C)C1CN2CCCC2CN1C1CCC(C)(C)CC1. The summed E-state index contributed by atoms with van der Waals surface area (Å²) in [6, 6.07) is 2.55. The summed E-state index contributed by atoms with van der Waals surface area (Å²) in [7, 11) is 0. The van der Waals surface area contributed by atoms with E-state index >= 15 is 0 Å². The maximum Gasteiger partial charge on any atom is 0.0249 e. The molecule has 0 spiro atoms. The molecule has 2 atom stereocenters. The number of hydrogen-bond donors (Lipinski definition) is 0. The second-order valence-corrected chi connectivity index (χ2v) is 8.69. The van der Waals surface area contributed by atoms with Crippen LogP contribution in [0.25, 0.3) is 0 Å². The number of fused-ring (bicyclic) bond motifs is 1. The van der Waals surface area contributed by atoms with Gasteiger partial charge in [-0.05, 0) is 56.4 Å². The Labute approximate surface area is 125 Å². The Morgan fingerprint density at radius 3 is 2.30 bits per heavy atom. The van der Waals surface area contributed by atoms with Crippen molar-refractivity contribution in [1.82, 2.24) is 9.80 Å². The van der Waals surface area contributed by atoms with Gasteiger partial charge in [-0.2, -0.15) is 0 Å². The largest absolute Gasteiger partial charge is 0.298 e. The van der Waals surface area contributed by atoms with Gasteiger partial charge >= 0.3 is 0 Å². The standard InChI is InChI=1S/C18H34N2/c1-14(2)17-13-19-11-5-6-16(19)12-20(17)15-7-9-18(3,4)10-8-15/h14-17H,5-13H2,1-4H3. The Morgan fingerprint density at radius 1 is 0.950 bits per heavy atom. The first-order chi connectivity index (χ1) is 9.46. The second-order valence-electron chi connectivity index (χ2n) is 8.69. The van der Waals surface area contributed by atoms with Gasteiger partial charge in [0.1, 0.15) is 0 Å². The summed E-state index contributed by atoms with van der Waals surface area (Å²) < 4.78 is 0. The molecule has 2 heteroatoms. The zero-order valence-electron chi connectivity index (χ0n) is 14.1. The fraction of sp³-hybridized carbons (Fsp3) is 1.00. The van der Waals surface area contributed by atoms with Gasteiger partial charge < -0.3 is 0 Å². The molecule has 1 aliphatic carbocycles. The van der Waals surface area contributed by atoms with Crippen LogP contribution in [-0.4, -0.2) is 47.6 Å². The first-order valence-corrected chi connectivity index (χ1v) is 8.96. The van der Waals surface area contributed by atoms with Crippen LogP contribution in [0.5, 0.6) is 0 Å². The molecule has 0 amide bonds. The summed E-state index contributed by atoms with van der Waals surface area (Å²) in [5.74, 6) is 0.798. The van der Waals surface area contributed by atoms with Crippen LogP contribution in [0.1, 0.15) is 66.2 Å². The molecule has 116 valence electrons. The van der Waals surface area contributed by atoms with Crippen LogP contribution >= 0.6 is 0 Å². The van der Waals surface area contributed by atoms with Gasteiger partial charge in [-0.3, -0.25) is 9.80 Å². The van der Waals surface area contributed by atoms with E-state index in [1.807, 2.05) is 0 Å². The first kappa shape index (κ1) is 14.8. The Balaban J connectivity index is 1.69. The first-order valence-electron chi connectivity index (χ1n) is 8.96. The monoisotopic (exact) mass is 278 g/mol. The van der Waals surface area contributed by atoms with Gasteiger partial charge in [0.25, 0.3) is 0 Å². The topological polar surface area (TPSA) is 6.48 Å². The lowest BCUT2D eigenvalue weighted by Crippen LogP contribution is -2.61. The molecule has 2 aliphatic heterocycles. The Hall–Kier alpha value is -0.0800. The van der Waals surface area contributed by atoms with Gasteiger partial charge in [0, 0.05) is 31.2 Å². The van der Waals surface area contributed by atoms with E-state index in [0.29, 0.717) is 5.41 Å². The third kappa shape index (κ3) is 2.92. The van der Waals surface area contributed by atoms with Crippen molar-refractivity contribution in [2.75, 3.05) is 19.6 Å². The van der Waals surface area contributed by atoms with Crippen LogP contribution in [0.2, 0.25) is 0 Å². The minimum atomic E-state index is 0.596. The molecule has 2 saturated heterocycles. The number of rotatable bonds is 2. The summed E-state index contributed by atoms with van der Waals surface area (Å²) in [6.45, 7) is 13.8. The van der Waals surface area contributed by atoms with Crippen molar-refractivity contribution in [3.63, 3.8) is 0 Å². The predicted molar refractivity (Wildman–Crippen MR) is 86.0 cm³/mol. The summed E-state index contributed by atoms with van der Waals surface area (Å²) in [5.41, 5.74) is 0.596. The molecule has 2 nitrogen and oxygen atoms in total. The lowest BCUT2D eigenvalue weighted by atomic mass is 9.74. The molecule has 2 unspecified atom stereocenters. The molecular weight excluding hydrogens is 244 g/mol. The van der Waals surface area contributed by atoms with Gasteiger partial charge in [-0.25, -0.2) is 0 Å². The Bertz CT molecular complexity index is 326. The van der Waals surface area contributed by atoms with Crippen LogP contribution in [0.3, 0.4) is 0 Å². The van der Waals surface area contributed by atoms with Crippen molar-refractivity contribution < 1.29 is 0 Å². The summed E-state index contributed by atoms with van der Waals surface area (Å²) in [5, 5.41) is 0. The van der Waals surface area contributed by atoms with E-state index in [-0.39, 0.29) is 0 Å². The van der Waals surface area contributed by atoms with Gasteiger partial charge in [0.05, 0.1) is 0 Å². The lowest BCUT2D eigenvalue weighted by Gasteiger charge is -2.51. The van der Waals surface area contributed by atoms with Gasteiger partial charge in [0.2, 0.25) is 0 Å². The van der Waals surface area contributed by atoms with E-state index < -0.39 is 0 Å². The average Bonchev–Trinajstić information content (AvgIpc) is 2.84. The Kier molecular flexibility index (Phi) is 4.16. The minimum absolute atomic E-state index is 0.596. The van der Waals surface area contributed by atoms with Gasteiger partial charge in [-0.1, -0.05) is 27.7 Å². The average molecular weight is 278 g/mol. The minimum Gasteiger partial charge on any atom is -0.298 e. The highest BCUT2D eigenvalue weighted by Crippen LogP contribution is 2.39.